The van der Waals surface area contributed by atoms with Gasteiger partial charge >= 0.3 is 0 Å². The summed E-state index contributed by atoms with van der Waals surface area (Å²) in [5.41, 5.74) is 35.1. The minimum Gasteiger partial charge on any atom is -0.394 e. The second kappa shape index (κ2) is 37.1. The van der Waals surface area contributed by atoms with E-state index in [0.717, 1.165) is 27.1 Å². The SMILES string of the molecule is CC(C)C[C@H](NC(=O)CN(Cc1ccc2ccccc2c1)NC(=O)[C@H](C)NC(=O)[C@H](CCCCN)NC(=O)CNC(=O)[C@H](CO)NC(=O)[C@H](CC(C)C)NC(=O)[C@H](C)N)C(=O)N[C@H](CCCN=C(N)N)C(=O)NN(CC(N)=O)Cc1ccc2ccccc2c1. The van der Waals surface area contributed by atoms with E-state index in [-0.39, 0.29) is 82.6 Å². The molecule has 0 aliphatic heterocycles. The van der Waals surface area contributed by atoms with Crippen LogP contribution >= 0.6 is 0 Å². The highest BCUT2D eigenvalue weighted by molar-refractivity contribution is 5.96. The summed E-state index contributed by atoms with van der Waals surface area (Å²) in [5.74, 6) is -7.89. The number of hydrogen-bond acceptors (Lipinski definition) is 16. The highest BCUT2D eigenvalue weighted by atomic mass is 16.3. The fourth-order valence-corrected chi connectivity index (χ4v) is 9.37. The third-order valence-corrected chi connectivity index (χ3v) is 13.9. The number of carbonyl (C=O) groups excluding carboxylic acids is 10. The Hall–Kier alpha value is -8.83. The second-order valence-corrected chi connectivity index (χ2v) is 22.8. The Morgan fingerprint density at radius 2 is 0.978 bits per heavy atom. The number of aliphatic hydroxyl groups is 1. The molecule has 486 valence electrons. The van der Waals surface area contributed by atoms with Gasteiger partial charge in [-0.1, -0.05) is 100 Å². The predicted octanol–water partition coefficient (Wildman–Crippen LogP) is -1.50. The monoisotopic (exact) mass is 1240 g/mol. The lowest BCUT2D eigenvalue weighted by molar-refractivity contribution is -0.136. The summed E-state index contributed by atoms with van der Waals surface area (Å²) in [6.07, 6.45) is 1.49. The van der Waals surface area contributed by atoms with E-state index < -0.39 is 121 Å². The molecule has 89 heavy (non-hydrogen) atoms. The molecule has 4 rings (SSSR count). The number of aliphatic imine (C=N–C) groups is 1. The van der Waals surface area contributed by atoms with Crippen molar-refractivity contribution in [3.05, 3.63) is 96.1 Å². The Bertz CT molecular complexity index is 3080. The normalized spacial score (nSPS) is 13.7. The Balaban J connectivity index is 1.50. The van der Waals surface area contributed by atoms with Crippen molar-refractivity contribution in [1.82, 2.24) is 58.1 Å². The largest absolute Gasteiger partial charge is 0.394 e. The van der Waals surface area contributed by atoms with Crippen molar-refractivity contribution in [2.24, 2.45) is 45.5 Å². The van der Waals surface area contributed by atoms with Crippen LogP contribution in [-0.4, -0.2) is 162 Å². The molecular weight excluding hydrogens is 1150 g/mol. The van der Waals surface area contributed by atoms with E-state index in [1.54, 1.807) is 0 Å². The summed E-state index contributed by atoms with van der Waals surface area (Å²) in [7, 11) is 0. The van der Waals surface area contributed by atoms with Gasteiger partial charge in [0.25, 0.3) is 11.8 Å². The van der Waals surface area contributed by atoms with Gasteiger partial charge in [-0.05, 0) is 122 Å². The van der Waals surface area contributed by atoms with Gasteiger partial charge in [-0.15, -0.1) is 0 Å². The highest BCUT2D eigenvalue weighted by Gasteiger charge is 2.32. The molecular formula is C61H91N17O11. The maximum Gasteiger partial charge on any atom is 0.256 e. The molecule has 28 heteroatoms. The summed E-state index contributed by atoms with van der Waals surface area (Å²) < 4.78 is 0. The standard InChI is InChI=1S/C61H91N17O11/c1-36(2)26-48(58(87)72-47(19-13-25-67-61(65)66)60(89)76-77(33-51(64)80)31-40-20-22-42-14-7-9-16-44(42)28-40)71-53(82)34-78(32-41-21-23-43-15-8-10-17-45(43)29-41)75-55(84)39(6)69-57(86)46(18-11-12-24-62)70-52(81)30-68-56(85)50(35-79)74-59(88)49(27-37(3)4)73-54(83)38(5)63/h7-10,14-17,20-23,28-29,36-39,46-50,79H,11-13,18-19,24-27,30-35,62-63H2,1-6H3,(H2,64,80)(H,68,85)(H,69,86)(H,70,81)(H,71,82)(H,72,87)(H,73,83)(H,74,88)(H,75,84)(H,76,89)(H4,65,66,67)/t38-,39-,46-,47+,48-,49-,50-/m0/s1. The average molecular weight is 1240 g/mol. The first kappa shape index (κ1) is 72.6. The Morgan fingerprint density at radius 1 is 0.506 bits per heavy atom. The van der Waals surface area contributed by atoms with Gasteiger partial charge in [-0.3, -0.25) is 63.8 Å². The van der Waals surface area contributed by atoms with Crippen molar-refractivity contribution in [3.8, 4) is 0 Å². The summed E-state index contributed by atoms with van der Waals surface area (Å²) in [5, 5.41) is 34.4. The van der Waals surface area contributed by atoms with Crippen LogP contribution < -0.4 is 76.7 Å². The van der Waals surface area contributed by atoms with Gasteiger partial charge in [-0.2, -0.15) is 0 Å². The number of nitrogens with zero attached hydrogens (tertiary/aromatic N) is 3. The summed E-state index contributed by atoms with van der Waals surface area (Å²) >= 11 is 0. The molecule has 4 aromatic carbocycles. The van der Waals surface area contributed by atoms with Crippen LogP contribution in [0.2, 0.25) is 0 Å². The molecule has 0 unspecified atom stereocenters. The first-order chi connectivity index (χ1) is 42.2. The summed E-state index contributed by atoms with van der Waals surface area (Å²) in [6.45, 7) is 8.13. The van der Waals surface area contributed by atoms with Crippen molar-refractivity contribution < 1.29 is 53.1 Å². The molecule has 20 N–H and O–H groups in total. The van der Waals surface area contributed by atoms with E-state index in [0.29, 0.717) is 18.4 Å². The smallest absolute Gasteiger partial charge is 0.256 e. The van der Waals surface area contributed by atoms with Crippen molar-refractivity contribution in [3.63, 3.8) is 0 Å². The Labute approximate surface area is 518 Å². The zero-order valence-electron chi connectivity index (χ0n) is 51.6. The number of unbranched alkanes of at least 4 members (excludes halogenated alkanes) is 1. The maximum absolute atomic E-state index is 14.4. The number of hydrazine groups is 2. The van der Waals surface area contributed by atoms with Gasteiger partial charge < -0.3 is 71.0 Å². The number of guanidine groups is 1. The molecule has 0 aliphatic rings. The predicted molar refractivity (Wildman–Crippen MR) is 337 cm³/mol. The summed E-state index contributed by atoms with van der Waals surface area (Å²) in [4.78, 5) is 139. The first-order valence-corrected chi connectivity index (χ1v) is 29.8. The molecule has 0 aromatic heterocycles. The number of nitrogens with one attached hydrogen (secondary N) is 9. The lowest BCUT2D eigenvalue weighted by Crippen LogP contribution is -2.59. The van der Waals surface area contributed by atoms with Crippen molar-refractivity contribution >= 4 is 86.6 Å². The number of amides is 10. The van der Waals surface area contributed by atoms with Crippen LogP contribution in [0.4, 0.5) is 0 Å². The fourth-order valence-electron chi connectivity index (χ4n) is 9.37. The molecule has 0 heterocycles. The van der Waals surface area contributed by atoms with Crippen molar-refractivity contribution in [1.29, 1.82) is 0 Å². The number of fused-ring (bicyclic) bond motifs is 2. The van der Waals surface area contributed by atoms with Crippen molar-refractivity contribution in [2.75, 3.05) is 39.3 Å². The Morgan fingerprint density at radius 3 is 1.49 bits per heavy atom. The minimum absolute atomic E-state index is 0.0320. The second-order valence-electron chi connectivity index (χ2n) is 22.8. The van der Waals surface area contributed by atoms with Crippen LogP contribution in [0.15, 0.2) is 89.9 Å². The van der Waals surface area contributed by atoms with Crippen LogP contribution in [0.3, 0.4) is 0 Å². The van der Waals surface area contributed by atoms with Crippen LogP contribution in [0, 0.1) is 11.8 Å². The number of nitrogens with two attached hydrogens (primary N) is 5. The number of carbonyl (C=O) groups is 10. The molecule has 0 fully saturated rings. The van der Waals surface area contributed by atoms with E-state index in [1.807, 2.05) is 113 Å². The van der Waals surface area contributed by atoms with Gasteiger partial charge in [-0.25, -0.2) is 10.0 Å². The van der Waals surface area contributed by atoms with Gasteiger partial charge in [0.05, 0.1) is 32.3 Å². The van der Waals surface area contributed by atoms with Crippen LogP contribution in [0.5, 0.6) is 0 Å². The number of primary amides is 1. The third-order valence-electron chi connectivity index (χ3n) is 13.9. The maximum atomic E-state index is 14.4. The zero-order chi connectivity index (χ0) is 65.7. The zero-order valence-corrected chi connectivity index (χ0v) is 51.6. The van der Waals surface area contributed by atoms with Crippen LogP contribution in [0.25, 0.3) is 21.5 Å². The molecule has 4 aromatic rings. The molecule has 0 radical (unpaired) electrons. The quantitative estimate of drug-likeness (QED) is 0.0105. The first-order valence-electron chi connectivity index (χ1n) is 29.8. The average Bonchev–Trinajstić information content (AvgIpc) is 3.22. The number of aliphatic hydroxyl groups excluding tert-OH is 1. The summed E-state index contributed by atoms with van der Waals surface area (Å²) in [6, 6.07) is 18.0. The van der Waals surface area contributed by atoms with Gasteiger partial charge in [0, 0.05) is 19.6 Å². The van der Waals surface area contributed by atoms with E-state index in [1.165, 1.54) is 23.9 Å². The molecule has 0 saturated heterocycles. The minimum atomic E-state index is -1.52. The lowest BCUT2D eigenvalue weighted by Gasteiger charge is -2.29. The highest BCUT2D eigenvalue weighted by Crippen LogP contribution is 2.19. The van der Waals surface area contributed by atoms with Gasteiger partial charge in [0.15, 0.2) is 5.96 Å². The molecule has 0 bridgehead atoms. The number of rotatable bonds is 38. The molecule has 0 spiro atoms. The topological polar surface area (TPSA) is 448 Å². The lowest BCUT2D eigenvalue weighted by atomic mass is 10.0. The molecule has 10 amide bonds. The van der Waals surface area contributed by atoms with Gasteiger partial charge in [0.2, 0.25) is 47.3 Å². The molecule has 7 atom stereocenters. The van der Waals surface area contributed by atoms with E-state index in [2.05, 4.69) is 53.1 Å². The van der Waals surface area contributed by atoms with Crippen LogP contribution in [0.1, 0.15) is 97.6 Å². The van der Waals surface area contributed by atoms with Crippen LogP contribution in [-0.2, 0) is 61.0 Å². The van der Waals surface area contributed by atoms with Gasteiger partial charge in [0.1, 0.15) is 36.3 Å². The van der Waals surface area contributed by atoms with E-state index in [4.69, 9.17) is 28.7 Å². The molecule has 0 saturated carbocycles. The number of hydrogen-bond donors (Lipinski definition) is 15. The van der Waals surface area contributed by atoms with E-state index in [9.17, 15) is 53.1 Å². The molecule has 0 aliphatic carbocycles. The Kier molecular flexibility index (Phi) is 30.3. The number of benzene rings is 4. The fraction of sp³-hybridized carbons (Fsp3) is 0.492. The molecule has 28 nitrogen and oxygen atoms in total. The van der Waals surface area contributed by atoms with E-state index >= 15 is 0 Å². The van der Waals surface area contributed by atoms with Crippen molar-refractivity contribution in [2.45, 2.75) is 142 Å². The third kappa shape index (κ3) is 26.2.